The SMILES string of the molecule is CN=C(NCc1ccc2c(c1)OCO2)NCc1ccc(Br)cc1F.I. The van der Waals surface area contributed by atoms with Crippen LogP contribution in [0.15, 0.2) is 45.9 Å². The highest BCUT2D eigenvalue weighted by atomic mass is 127. The van der Waals surface area contributed by atoms with Gasteiger partial charge in [0.25, 0.3) is 0 Å². The highest BCUT2D eigenvalue weighted by Crippen LogP contribution is 2.32. The molecule has 0 bridgehead atoms. The van der Waals surface area contributed by atoms with Crippen LogP contribution in [0.1, 0.15) is 11.1 Å². The largest absolute Gasteiger partial charge is 0.454 e. The molecule has 2 N–H and O–H groups in total. The van der Waals surface area contributed by atoms with E-state index in [-0.39, 0.29) is 36.6 Å². The number of nitrogens with one attached hydrogen (secondary N) is 2. The minimum Gasteiger partial charge on any atom is -0.454 e. The zero-order valence-corrected chi connectivity index (χ0v) is 17.4. The van der Waals surface area contributed by atoms with Crippen LogP contribution in [0.3, 0.4) is 0 Å². The minimum absolute atomic E-state index is 0. The Morgan fingerprint density at radius 1 is 1.12 bits per heavy atom. The van der Waals surface area contributed by atoms with Crippen molar-refractivity contribution in [2.75, 3.05) is 13.8 Å². The van der Waals surface area contributed by atoms with Crippen molar-refractivity contribution < 1.29 is 13.9 Å². The molecule has 0 unspecified atom stereocenters. The van der Waals surface area contributed by atoms with E-state index < -0.39 is 0 Å². The van der Waals surface area contributed by atoms with Crippen molar-refractivity contribution in [1.82, 2.24) is 10.6 Å². The third-order valence-corrected chi connectivity index (χ3v) is 4.08. The summed E-state index contributed by atoms with van der Waals surface area (Å²) in [5, 5.41) is 6.29. The fourth-order valence-electron chi connectivity index (χ4n) is 2.30. The molecule has 25 heavy (non-hydrogen) atoms. The number of rotatable bonds is 4. The molecule has 0 amide bonds. The van der Waals surface area contributed by atoms with Crippen molar-refractivity contribution in [1.29, 1.82) is 0 Å². The van der Waals surface area contributed by atoms with Gasteiger partial charge < -0.3 is 20.1 Å². The Morgan fingerprint density at radius 2 is 1.88 bits per heavy atom. The first-order valence-electron chi connectivity index (χ1n) is 7.42. The van der Waals surface area contributed by atoms with Gasteiger partial charge in [0, 0.05) is 30.2 Å². The van der Waals surface area contributed by atoms with Crippen LogP contribution in [-0.4, -0.2) is 19.8 Å². The summed E-state index contributed by atoms with van der Waals surface area (Å²) in [6.07, 6.45) is 0. The minimum atomic E-state index is -0.261. The molecule has 0 radical (unpaired) electrons. The summed E-state index contributed by atoms with van der Waals surface area (Å²) in [6, 6.07) is 10.8. The zero-order valence-electron chi connectivity index (χ0n) is 13.5. The van der Waals surface area contributed by atoms with E-state index in [2.05, 4.69) is 31.6 Å². The Bertz CT molecular complexity index is 774. The topological polar surface area (TPSA) is 54.9 Å². The van der Waals surface area contributed by atoms with Crippen molar-refractivity contribution in [2.24, 2.45) is 4.99 Å². The summed E-state index contributed by atoms with van der Waals surface area (Å²) in [5.74, 6) is 1.83. The van der Waals surface area contributed by atoms with Crippen molar-refractivity contribution in [2.45, 2.75) is 13.1 Å². The van der Waals surface area contributed by atoms with E-state index in [0.717, 1.165) is 17.1 Å². The van der Waals surface area contributed by atoms with Crippen LogP contribution >= 0.6 is 39.9 Å². The molecule has 1 heterocycles. The fraction of sp³-hybridized carbons (Fsp3) is 0.235. The zero-order chi connectivity index (χ0) is 16.9. The molecule has 8 heteroatoms. The molecule has 2 aromatic rings. The van der Waals surface area contributed by atoms with Crippen LogP contribution in [0.4, 0.5) is 4.39 Å². The number of halogens is 3. The van der Waals surface area contributed by atoms with Crippen LogP contribution in [0, 0.1) is 5.82 Å². The lowest BCUT2D eigenvalue weighted by Crippen LogP contribution is -2.36. The second-order valence-corrected chi connectivity index (χ2v) is 6.12. The van der Waals surface area contributed by atoms with Gasteiger partial charge in [-0.3, -0.25) is 4.99 Å². The van der Waals surface area contributed by atoms with Gasteiger partial charge in [-0.1, -0.05) is 28.1 Å². The predicted molar refractivity (Wildman–Crippen MR) is 109 cm³/mol. The van der Waals surface area contributed by atoms with Gasteiger partial charge >= 0.3 is 0 Å². The van der Waals surface area contributed by atoms with E-state index in [9.17, 15) is 4.39 Å². The lowest BCUT2D eigenvalue weighted by molar-refractivity contribution is 0.174. The average Bonchev–Trinajstić information content (AvgIpc) is 3.04. The maximum absolute atomic E-state index is 13.8. The number of fused-ring (bicyclic) bond motifs is 1. The molecule has 0 saturated heterocycles. The molecule has 134 valence electrons. The smallest absolute Gasteiger partial charge is 0.231 e. The quantitative estimate of drug-likeness (QED) is 0.365. The first-order chi connectivity index (χ1) is 11.7. The number of hydrogen-bond donors (Lipinski definition) is 2. The second kappa shape index (κ2) is 9.23. The van der Waals surface area contributed by atoms with E-state index in [0.29, 0.717) is 29.1 Å². The van der Waals surface area contributed by atoms with E-state index >= 15 is 0 Å². The summed E-state index contributed by atoms with van der Waals surface area (Å²) in [4.78, 5) is 4.14. The van der Waals surface area contributed by atoms with E-state index in [4.69, 9.17) is 9.47 Å². The van der Waals surface area contributed by atoms with Gasteiger partial charge in [0.15, 0.2) is 17.5 Å². The molecule has 0 aromatic heterocycles. The normalized spacial score (nSPS) is 12.5. The Morgan fingerprint density at radius 3 is 2.64 bits per heavy atom. The third kappa shape index (κ3) is 5.21. The van der Waals surface area contributed by atoms with Crippen LogP contribution in [0.25, 0.3) is 0 Å². The summed E-state index contributed by atoms with van der Waals surface area (Å²) in [5.41, 5.74) is 1.61. The molecule has 2 aromatic carbocycles. The summed E-state index contributed by atoms with van der Waals surface area (Å²) in [7, 11) is 1.67. The van der Waals surface area contributed by atoms with E-state index in [1.54, 1.807) is 13.1 Å². The first-order valence-corrected chi connectivity index (χ1v) is 8.22. The summed E-state index contributed by atoms with van der Waals surface area (Å²) >= 11 is 3.25. The van der Waals surface area contributed by atoms with Crippen LogP contribution in [-0.2, 0) is 13.1 Å². The lowest BCUT2D eigenvalue weighted by Gasteiger charge is -2.13. The molecule has 1 aliphatic heterocycles. The number of hydrogen-bond acceptors (Lipinski definition) is 3. The Labute approximate surface area is 171 Å². The van der Waals surface area contributed by atoms with Crippen molar-refractivity contribution in [3.63, 3.8) is 0 Å². The first kappa shape index (κ1) is 19.8. The molecular formula is C17H18BrFIN3O2. The van der Waals surface area contributed by atoms with Crippen molar-refractivity contribution >= 4 is 45.9 Å². The van der Waals surface area contributed by atoms with Gasteiger partial charge in [-0.25, -0.2) is 4.39 Å². The monoisotopic (exact) mass is 521 g/mol. The van der Waals surface area contributed by atoms with Gasteiger partial charge in [-0.15, -0.1) is 24.0 Å². The highest BCUT2D eigenvalue weighted by Gasteiger charge is 2.13. The molecule has 5 nitrogen and oxygen atoms in total. The van der Waals surface area contributed by atoms with Crippen LogP contribution in [0.2, 0.25) is 0 Å². The maximum Gasteiger partial charge on any atom is 0.231 e. The van der Waals surface area contributed by atoms with Crippen LogP contribution < -0.4 is 20.1 Å². The summed E-state index contributed by atoms with van der Waals surface area (Å²) in [6.45, 7) is 1.17. The van der Waals surface area contributed by atoms with Gasteiger partial charge in [-0.2, -0.15) is 0 Å². The standard InChI is InChI=1S/C17H17BrFN3O2.HI/c1-20-17(22-9-12-3-4-13(18)7-14(12)19)21-8-11-2-5-15-16(6-11)24-10-23-15;/h2-7H,8-10H2,1H3,(H2,20,21,22);1H. The number of aliphatic imine (C=N–C) groups is 1. The van der Waals surface area contributed by atoms with Crippen molar-refractivity contribution in [3.05, 3.63) is 57.8 Å². The predicted octanol–water partition coefficient (Wildman–Crippen LogP) is 3.80. The Hall–Kier alpha value is -1.55. The molecule has 0 saturated carbocycles. The fourth-order valence-corrected chi connectivity index (χ4v) is 2.63. The second-order valence-electron chi connectivity index (χ2n) is 5.20. The summed E-state index contributed by atoms with van der Waals surface area (Å²) < 4.78 is 25.2. The Kier molecular flexibility index (Phi) is 7.30. The maximum atomic E-state index is 13.8. The number of ether oxygens (including phenoxy) is 2. The third-order valence-electron chi connectivity index (χ3n) is 3.58. The van der Waals surface area contributed by atoms with E-state index in [1.165, 1.54) is 6.07 Å². The number of benzene rings is 2. The van der Waals surface area contributed by atoms with Crippen LogP contribution in [0.5, 0.6) is 11.5 Å². The molecule has 3 rings (SSSR count). The molecule has 0 spiro atoms. The number of guanidine groups is 1. The number of nitrogens with zero attached hydrogens (tertiary/aromatic N) is 1. The van der Waals surface area contributed by atoms with Gasteiger partial charge in [0.1, 0.15) is 5.82 Å². The van der Waals surface area contributed by atoms with Crippen molar-refractivity contribution in [3.8, 4) is 11.5 Å². The lowest BCUT2D eigenvalue weighted by atomic mass is 10.2. The molecule has 0 fully saturated rings. The molecule has 0 aliphatic carbocycles. The molecule has 1 aliphatic rings. The molecular weight excluding hydrogens is 504 g/mol. The average molecular weight is 522 g/mol. The highest BCUT2D eigenvalue weighted by molar-refractivity contribution is 14.0. The van der Waals surface area contributed by atoms with Gasteiger partial charge in [0.2, 0.25) is 6.79 Å². The Balaban J connectivity index is 0.00000225. The van der Waals surface area contributed by atoms with E-state index in [1.807, 2.05) is 24.3 Å². The van der Waals surface area contributed by atoms with Gasteiger partial charge in [0.05, 0.1) is 0 Å². The van der Waals surface area contributed by atoms with Gasteiger partial charge in [-0.05, 0) is 29.8 Å². The molecule has 0 atom stereocenters.